The van der Waals surface area contributed by atoms with E-state index in [0.717, 1.165) is 11.8 Å². The molecule has 2 amide bonds. The standard InChI is InChI=1S/C21H24BrFN4O3/c1-21(2,3)30-20(29)27-10-8-26(9-11-27)15-5-7-18(24-13-15)25-19(28)16-12-14(23)4-6-17(16)22/h4-7,12-13H,8-11H2,1-3H3,(H,24,25,28). The molecule has 0 spiro atoms. The van der Waals surface area contributed by atoms with Crippen molar-refractivity contribution in [3.63, 3.8) is 0 Å². The number of carbonyl (C=O) groups is 2. The zero-order valence-electron chi connectivity index (χ0n) is 17.1. The van der Waals surface area contributed by atoms with Gasteiger partial charge in [0, 0.05) is 30.7 Å². The third kappa shape index (κ3) is 5.69. The highest BCUT2D eigenvalue weighted by Crippen LogP contribution is 2.21. The highest BCUT2D eigenvalue weighted by atomic mass is 79.9. The van der Waals surface area contributed by atoms with Crippen LogP contribution in [0.25, 0.3) is 0 Å². The molecule has 0 atom stereocenters. The maximum Gasteiger partial charge on any atom is 0.410 e. The van der Waals surface area contributed by atoms with Crippen molar-refractivity contribution >= 4 is 39.4 Å². The Labute approximate surface area is 183 Å². The Morgan fingerprint density at radius 1 is 1.13 bits per heavy atom. The van der Waals surface area contributed by atoms with Gasteiger partial charge in [0.15, 0.2) is 0 Å². The van der Waals surface area contributed by atoms with Gasteiger partial charge in [-0.15, -0.1) is 0 Å². The van der Waals surface area contributed by atoms with Crippen LogP contribution in [0, 0.1) is 5.82 Å². The zero-order chi connectivity index (χ0) is 21.9. The van der Waals surface area contributed by atoms with Crippen LogP contribution < -0.4 is 10.2 Å². The van der Waals surface area contributed by atoms with Crippen LogP contribution in [0.15, 0.2) is 41.0 Å². The number of hydrogen-bond donors (Lipinski definition) is 1. The molecule has 1 N–H and O–H groups in total. The molecule has 0 aliphatic carbocycles. The van der Waals surface area contributed by atoms with Gasteiger partial charge in [-0.05, 0) is 67.0 Å². The maximum atomic E-state index is 13.4. The molecule has 7 nitrogen and oxygen atoms in total. The number of carbonyl (C=O) groups excluding carboxylic acids is 2. The first kappa shape index (κ1) is 22.0. The highest BCUT2D eigenvalue weighted by Gasteiger charge is 2.26. The summed E-state index contributed by atoms with van der Waals surface area (Å²) in [5.41, 5.74) is 0.572. The molecule has 160 valence electrons. The van der Waals surface area contributed by atoms with Crippen molar-refractivity contribution in [2.75, 3.05) is 36.4 Å². The van der Waals surface area contributed by atoms with Crippen LogP contribution in [0.3, 0.4) is 0 Å². The zero-order valence-corrected chi connectivity index (χ0v) is 18.7. The number of rotatable bonds is 3. The largest absolute Gasteiger partial charge is 0.444 e. The first-order valence-electron chi connectivity index (χ1n) is 9.58. The number of nitrogens with zero attached hydrogens (tertiary/aromatic N) is 3. The Morgan fingerprint density at radius 3 is 2.43 bits per heavy atom. The van der Waals surface area contributed by atoms with Crippen molar-refractivity contribution in [2.45, 2.75) is 26.4 Å². The second-order valence-corrected chi connectivity index (χ2v) is 8.79. The monoisotopic (exact) mass is 478 g/mol. The molecule has 1 aromatic heterocycles. The molecule has 0 unspecified atom stereocenters. The molecular formula is C21H24BrFN4O3. The minimum atomic E-state index is -0.514. The van der Waals surface area contributed by atoms with Crippen molar-refractivity contribution < 1.29 is 18.7 Å². The fraction of sp³-hybridized carbons (Fsp3) is 0.381. The minimum Gasteiger partial charge on any atom is -0.444 e. The van der Waals surface area contributed by atoms with E-state index < -0.39 is 17.3 Å². The number of pyridine rings is 1. The molecule has 1 aromatic carbocycles. The fourth-order valence-corrected chi connectivity index (χ4v) is 3.40. The number of halogens is 2. The van der Waals surface area contributed by atoms with E-state index in [1.807, 2.05) is 26.8 Å². The van der Waals surface area contributed by atoms with Gasteiger partial charge in [0.1, 0.15) is 17.2 Å². The molecular weight excluding hydrogens is 455 g/mol. The average molecular weight is 479 g/mol. The number of amides is 2. The predicted octanol–water partition coefficient (Wildman–Crippen LogP) is 4.29. The van der Waals surface area contributed by atoms with E-state index in [4.69, 9.17) is 4.74 Å². The van der Waals surface area contributed by atoms with Crippen LogP contribution in [0.4, 0.5) is 20.7 Å². The summed E-state index contributed by atoms with van der Waals surface area (Å²) in [6.45, 7) is 7.97. The van der Waals surface area contributed by atoms with Gasteiger partial charge in [-0.2, -0.15) is 0 Å². The molecule has 2 aromatic rings. The number of hydrogen-bond acceptors (Lipinski definition) is 5. The molecule has 30 heavy (non-hydrogen) atoms. The molecule has 1 aliphatic rings. The molecule has 1 saturated heterocycles. The van der Waals surface area contributed by atoms with Crippen molar-refractivity contribution in [3.8, 4) is 0 Å². The topological polar surface area (TPSA) is 74.8 Å². The van der Waals surface area contributed by atoms with Crippen LogP contribution in [-0.4, -0.2) is 53.7 Å². The number of anilines is 2. The number of ether oxygens (including phenoxy) is 1. The Morgan fingerprint density at radius 2 is 1.83 bits per heavy atom. The van der Waals surface area contributed by atoms with E-state index in [1.165, 1.54) is 12.1 Å². The van der Waals surface area contributed by atoms with E-state index in [1.54, 1.807) is 17.2 Å². The SMILES string of the molecule is CC(C)(C)OC(=O)N1CCN(c2ccc(NC(=O)c3cc(F)ccc3Br)nc2)CC1. The lowest BCUT2D eigenvalue weighted by Crippen LogP contribution is -2.50. The summed E-state index contributed by atoms with van der Waals surface area (Å²) in [5, 5.41) is 2.67. The number of aromatic nitrogens is 1. The van der Waals surface area contributed by atoms with E-state index in [-0.39, 0.29) is 11.7 Å². The second kappa shape index (κ2) is 8.99. The minimum absolute atomic E-state index is 0.194. The maximum absolute atomic E-state index is 13.4. The van der Waals surface area contributed by atoms with Crippen molar-refractivity contribution in [3.05, 3.63) is 52.4 Å². The summed E-state index contributed by atoms with van der Waals surface area (Å²) in [6, 6.07) is 7.47. The molecule has 0 bridgehead atoms. The summed E-state index contributed by atoms with van der Waals surface area (Å²) in [4.78, 5) is 32.6. The van der Waals surface area contributed by atoms with Crippen LogP contribution in [0.5, 0.6) is 0 Å². The summed E-state index contributed by atoms with van der Waals surface area (Å²) < 4.78 is 19.3. The van der Waals surface area contributed by atoms with E-state index in [9.17, 15) is 14.0 Å². The Kier molecular flexibility index (Phi) is 6.60. The van der Waals surface area contributed by atoms with E-state index in [2.05, 4.69) is 31.1 Å². The molecule has 3 rings (SSSR count). The smallest absolute Gasteiger partial charge is 0.410 e. The Hall–Kier alpha value is -2.68. The average Bonchev–Trinajstić information content (AvgIpc) is 2.69. The van der Waals surface area contributed by atoms with Crippen molar-refractivity contribution in [1.29, 1.82) is 0 Å². The number of benzene rings is 1. The van der Waals surface area contributed by atoms with Crippen LogP contribution in [-0.2, 0) is 4.74 Å². The van der Waals surface area contributed by atoms with Gasteiger partial charge in [0.2, 0.25) is 0 Å². The quantitative estimate of drug-likeness (QED) is 0.711. The van der Waals surface area contributed by atoms with Crippen LogP contribution >= 0.6 is 15.9 Å². The van der Waals surface area contributed by atoms with Gasteiger partial charge in [0.25, 0.3) is 5.91 Å². The normalized spacial score (nSPS) is 14.4. The van der Waals surface area contributed by atoms with Crippen molar-refractivity contribution in [2.24, 2.45) is 0 Å². The lowest BCUT2D eigenvalue weighted by molar-refractivity contribution is 0.0240. The highest BCUT2D eigenvalue weighted by molar-refractivity contribution is 9.10. The third-order valence-corrected chi connectivity index (χ3v) is 5.15. The molecule has 2 heterocycles. The molecule has 1 fully saturated rings. The lowest BCUT2D eigenvalue weighted by atomic mass is 10.2. The summed E-state index contributed by atoms with van der Waals surface area (Å²) >= 11 is 3.25. The van der Waals surface area contributed by atoms with Crippen LogP contribution in [0.1, 0.15) is 31.1 Å². The first-order valence-corrected chi connectivity index (χ1v) is 10.4. The van der Waals surface area contributed by atoms with Crippen LogP contribution in [0.2, 0.25) is 0 Å². The molecule has 9 heteroatoms. The van der Waals surface area contributed by atoms with Gasteiger partial charge in [-0.25, -0.2) is 14.2 Å². The summed E-state index contributed by atoms with van der Waals surface area (Å²) in [6.07, 6.45) is 1.36. The Balaban J connectivity index is 1.57. The summed E-state index contributed by atoms with van der Waals surface area (Å²) in [7, 11) is 0. The number of nitrogens with one attached hydrogen (secondary N) is 1. The van der Waals surface area contributed by atoms with E-state index in [0.29, 0.717) is 36.5 Å². The first-order chi connectivity index (χ1) is 14.1. The third-order valence-electron chi connectivity index (χ3n) is 4.46. The summed E-state index contributed by atoms with van der Waals surface area (Å²) in [5.74, 6) is -0.572. The van der Waals surface area contributed by atoms with Crippen molar-refractivity contribution in [1.82, 2.24) is 9.88 Å². The predicted molar refractivity (Wildman–Crippen MR) is 116 cm³/mol. The number of piperazine rings is 1. The molecule has 0 radical (unpaired) electrons. The second-order valence-electron chi connectivity index (χ2n) is 7.93. The molecule has 1 aliphatic heterocycles. The van der Waals surface area contributed by atoms with Gasteiger partial charge in [0.05, 0.1) is 17.4 Å². The fourth-order valence-electron chi connectivity index (χ4n) is 2.98. The van der Waals surface area contributed by atoms with E-state index >= 15 is 0 Å². The lowest BCUT2D eigenvalue weighted by Gasteiger charge is -2.36. The van der Waals surface area contributed by atoms with Gasteiger partial charge >= 0.3 is 6.09 Å². The van der Waals surface area contributed by atoms with Gasteiger partial charge in [-0.3, -0.25) is 4.79 Å². The molecule has 0 saturated carbocycles. The Bertz CT molecular complexity index is 923. The van der Waals surface area contributed by atoms with Gasteiger partial charge in [-0.1, -0.05) is 0 Å². The van der Waals surface area contributed by atoms with Gasteiger partial charge < -0.3 is 19.9 Å².